The number of methoxy groups -OCH3 is 1. The number of nitrogens with zero attached hydrogens (tertiary/aromatic N) is 1. The van der Waals surface area contributed by atoms with E-state index < -0.39 is 23.4 Å². The second kappa shape index (κ2) is 10.8. The summed E-state index contributed by atoms with van der Waals surface area (Å²) >= 11 is 0. The van der Waals surface area contributed by atoms with Gasteiger partial charge < -0.3 is 19.7 Å². The Labute approximate surface area is 256 Å². The molecule has 1 saturated heterocycles. The summed E-state index contributed by atoms with van der Waals surface area (Å²) in [5.74, 6) is -0.677. The Hall–Kier alpha value is -5.17. The van der Waals surface area contributed by atoms with E-state index >= 15 is 0 Å². The molecule has 4 atom stereocenters. The molecule has 4 aromatic carbocycles. The number of hydrogen-bond acceptors (Lipinski definition) is 6. The molecule has 1 amide bonds. The molecule has 4 aromatic rings. The average molecular weight is 585 g/mol. The summed E-state index contributed by atoms with van der Waals surface area (Å²) in [6.07, 6.45) is 4.69. The van der Waals surface area contributed by atoms with Crippen LogP contribution in [0.1, 0.15) is 56.8 Å². The number of fused-ring (bicyclic) bond motifs is 6. The summed E-state index contributed by atoms with van der Waals surface area (Å²) < 4.78 is 11.2. The van der Waals surface area contributed by atoms with Gasteiger partial charge in [0, 0.05) is 23.0 Å². The standard InChI is InChI=1S/C37H32N2O5/c1-3-21-44-26-17-15-24(16-18-26)33(40)31-32(34(41)25-10-8-11-27(22-25)43-2)39-20-19-23-9-4-5-12-28(23)35(39)37(31)29-13-6-7-14-30(29)38-36(37)42/h4-20,22,31-32,35H,3,21H2,1-2H3,(H,38,42)/t31-,32-,35+,37+/m0/s1. The van der Waals surface area contributed by atoms with Crippen molar-refractivity contribution in [3.63, 3.8) is 0 Å². The molecule has 0 aliphatic carbocycles. The van der Waals surface area contributed by atoms with Crippen LogP contribution in [0.3, 0.4) is 0 Å². The van der Waals surface area contributed by atoms with E-state index in [4.69, 9.17) is 9.47 Å². The highest BCUT2D eigenvalue weighted by Crippen LogP contribution is 2.62. The van der Waals surface area contributed by atoms with Crippen molar-refractivity contribution in [3.8, 4) is 11.5 Å². The highest BCUT2D eigenvalue weighted by Gasteiger charge is 2.70. The van der Waals surface area contributed by atoms with E-state index in [2.05, 4.69) is 5.32 Å². The van der Waals surface area contributed by atoms with E-state index in [0.717, 1.165) is 17.5 Å². The summed E-state index contributed by atoms with van der Waals surface area (Å²) in [6, 6.07) is 27.8. The predicted octanol–water partition coefficient (Wildman–Crippen LogP) is 6.47. The third kappa shape index (κ3) is 4.07. The fourth-order valence-electron chi connectivity index (χ4n) is 7.23. The van der Waals surface area contributed by atoms with Crippen LogP contribution in [0, 0.1) is 5.92 Å². The van der Waals surface area contributed by atoms with Crippen LogP contribution in [0.4, 0.5) is 5.69 Å². The molecule has 3 aliphatic rings. The minimum Gasteiger partial charge on any atom is -0.497 e. The topological polar surface area (TPSA) is 84.9 Å². The van der Waals surface area contributed by atoms with Gasteiger partial charge in [-0.05, 0) is 71.7 Å². The first kappa shape index (κ1) is 27.7. The molecule has 7 rings (SSSR count). The smallest absolute Gasteiger partial charge is 0.238 e. The normalized spacial score (nSPS) is 22.6. The van der Waals surface area contributed by atoms with E-state index in [-0.39, 0.29) is 17.5 Å². The van der Waals surface area contributed by atoms with Gasteiger partial charge in [-0.15, -0.1) is 0 Å². The number of rotatable bonds is 8. The fourth-order valence-corrected chi connectivity index (χ4v) is 7.23. The van der Waals surface area contributed by atoms with Gasteiger partial charge in [-0.25, -0.2) is 0 Å². The van der Waals surface area contributed by atoms with Crippen molar-refractivity contribution in [1.29, 1.82) is 0 Å². The molecule has 220 valence electrons. The van der Waals surface area contributed by atoms with Crippen LogP contribution in [0.15, 0.2) is 103 Å². The highest BCUT2D eigenvalue weighted by atomic mass is 16.5. The summed E-state index contributed by atoms with van der Waals surface area (Å²) in [6.45, 7) is 2.60. The van der Waals surface area contributed by atoms with Crippen molar-refractivity contribution in [2.75, 3.05) is 19.0 Å². The van der Waals surface area contributed by atoms with Crippen LogP contribution in [-0.2, 0) is 10.2 Å². The first-order valence-corrected chi connectivity index (χ1v) is 14.9. The molecule has 44 heavy (non-hydrogen) atoms. The maximum absolute atomic E-state index is 15.0. The molecular formula is C37H32N2O5. The van der Waals surface area contributed by atoms with Gasteiger partial charge in [0.25, 0.3) is 0 Å². The molecule has 3 heterocycles. The van der Waals surface area contributed by atoms with Crippen LogP contribution in [0.25, 0.3) is 6.08 Å². The lowest BCUT2D eigenvalue weighted by Gasteiger charge is -2.38. The predicted molar refractivity (Wildman–Crippen MR) is 168 cm³/mol. The number of ether oxygens (including phenoxy) is 2. The van der Waals surface area contributed by atoms with E-state index in [1.54, 1.807) is 55.6 Å². The van der Waals surface area contributed by atoms with E-state index in [1.165, 1.54) is 0 Å². The number of carbonyl (C=O) groups excluding carboxylic acids is 3. The van der Waals surface area contributed by atoms with Crippen molar-refractivity contribution in [1.82, 2.24) is 4.90 Å². The lowest BCUT2D eigenvalue weighted by Crippen LogP contribution is -2.49. The molecule has 1 spiro atoms. The zero-order chi connectivity index (χ0) is 30.4. The molecule has 0 bridgehead atoms. The largest absolute Gasteiger partial charge is 0.497 e. The van der Waals surface area contributed by atoms with Crippen molar-refractivity contribution >= 4 is 29.2 Å². The van der Waals surface area contributed by atoms with Gasteiger partial charge in [0.05, 0.1) is 25.7 Å². The van der Waals surface area contributed by atoms with Gasteiger partial charge in [-0.2, -0.15) is 0 Å². The maximum atomic E-state index is 15.0. The lowest BCUT2D eigenvalue weighted by molar-refractivity contribution is -0.122. The maximum Gasteiger partial charge on any atom is 0.238 e. The van der Waals surface area contributed by atoms with Gasteiger partial charge in [0.2, 0.25) is 5.91 Å². The molecule has 1 N–H and O–H groups in total. The summed E-state index contributed by atoms with van der Waals surface area (Å²) in [4.78, 5) is 46.2. The van der Waals surface area contributed by atoms with Crippen molar-refractivity contribution in [2.45, 2.75) is 30.8 Å². The second-order valence-corrected chi connectivity index (χ2v) is 11.4. The Morgan fingerprint density at radius 3 is 2.43 bits per heavy atom. The van der Waals surface area contributed by atoms with Crippen molar-refractivity contribution < 1.29 is 23.9 Å². The number of carbonyl (C=O) groups is 3. The number of hydrogen-bond donors (Lipinski definition) is 1. The Morgan fingerprint density at radius 2 is 1.64 bits per heavy atom. The third-order valence-electron chi connectivity index (χ3n) is 9.09. The molecule has 7 heteroatoms. The minimum atomic E-state index is -1.38. The molecule has 3 aliphatic heterocycles. The molecule has 1 fully saturated rings. The second-order valence-electron chi connectivity index (χ2n) is 11.4. The Bertz CT molecular complexity index is 1810. The van der Waals surface area contributed by atoms with Crippen LogP contribution in [0.5, 0.6) is 11.5 Å². The number of para-hydroxylation sites is 1. The first-order chi connectivity index (χ1) is 21.5. The molecule has 0 aromatic heterocycles. The highest BCUT2D eigenvalue weighted by molar-refractivity contribution is 6.16. The van der Waals surface area contributed by atoms with E-state index in [0.29, 0.717) is 40.5 Å². The number of nitrogens with one attached hydrogen (secondary N) is 1. The lowest BCUT2D eigenvalue weighted by atomic mass is 9.62. The van der Waals surface area contributed by atoms with Crippen molar-refractivity contribution in [2.24, 2.45) is 5.92 Å². The summed E-state index contributed by atoms with van der Waals surface area (Å²) in [5.41, 5.74) is 2.64. The van der Waals surface area contributed by atoms with E-state index in [1.807, 2.05) is 72.6 Å². The van der Waals surface area contributed by atoms with E-state index in [9.17, 15) is 14.4 Å². The van der Waals surface area contributed by atoms with Gasteiger partial charge >= 0.3 is 0 Å². The number of benzene rings is 4. The van der Waals surface area contributed by atoms with Crippen LogP contribution < -0.4 is 14.8 Å². The van der Waals surface area contributed by atoms with Crippen LogP contribution in [-0.4, -0.2) is 42.1 Å². The van der Waals surface area contributed by atoms with Gasteiger partial charge in [-0.1, -0.05) is 61.5 Å². The minimum absolute atomic E-state index is 0.256. The number of amides is 1. The van der Waals surface area contributed by atoms with Crippen molar-refractivity contribution in [3.05, 3.63) is 131 Å². The molecular weight excluding hydrogens is 552 g/mol. The quantitative estimate of drug-likeness (QED) is 0.239. The summed E-state index contributed by atoms with van der Waals surface area (Å²) in [5, 5.41) is 3.09. The Kier molecular flexibility index (Phi) is 6.81. The SMILES string of the molecule is CCCOc1ccc(C(=O)[C@@H]2[C@@H](C(=O)c3cccc(OC)c3)N3C=Cc4ccccc4[C@@H]3[C@]23C(=O)Nc2ccccc23)cc1. The number of Topliss-reactive ketones (excluding diaryl/α,β-unsaturated/α-hetero) is 2. The average Bonchev–Trinajstić information content (AvgIpc) is 3.55. The van der Waals surface area contributed by atoms with Gasteiger partial charge in [-0.3, -0.25) is 14.4 Å². The van der Waals surface area contributed by atoms with Crippen LogP contribution >= 0.6 is 0 Å². The Balaban J connectivity index is 1.47. The molecule has 0 saturated carbocycles. The Morgan fingerprint density at radius 1 is 0.864 bits per heavy atom. The molecule has 0 unspecified atom stereocenters. The monoisotopic (exact) mass is 584 g/mol. The first-order valence-electron chi connectivity index (χ1n) is 14.9. The number of anilines is 1. The molecule has 0 radical (unpaired) electrons. The zero-order valence-electron chi connectivity index (χ0n) is 24.5. The van der Waals surface area contributed by atoms with Crippen LogP contribution in [0.2, 0.25) is 0 Å². The zero-order valence-corrected chi connectivity index (χ0v) is 24.5. The number of ketones is 2. The van der Waals surface area contributed by atoms with Gasteiger partial charge in [0.15, 0.2) is 11.6 Å². The molecule has 7 nitrogen and oxygen atoms in total. The summed E-state index contributed by atoms with van der Waals surface area (Å²) in [7, 11) is 1.55. The third-order valence-corrected chi connectivity index (χ3v) is 9.09. The van der Waals surface area contributed by atoms with Gasteiger partial charge in [0.1, 0.15) is 23.0 Å². The fraction of sp³-hybridized carbons (Fsp3) is 0.216.